The summed E-state index contributed by atoms with van der Waals surface area (Å²) in [5.74, 6) is 0.995. The molecule has 0 aliphatic carbocycles. The molecular weight excluding hydrogens is 300 g/mol. The zero-order valence-corrected chi connectivity index (χ0v) is 17.6. The van der Waals surface area contributed by atoms with Crippen LogP contribution >= 0.6 is 0 Å². The highest BCUT2D eigenvalue weighted by Gasteiger charge is 2.05. The first kappa shape index (κ1) is 24.7. The van der Waals surface area contributed by atoms with Crippen LogP contribution in [-0.4, -0.2) is 0 Å². The van der Waals surface area contributed by atoms with Gasteiger partial charge in [-0.2, -0.15) is 0 Å². The molecule has 0 amide bonds. The first-order valence-electron chi connectivity index (χ1n) is 11.6. The lowest BCUT2D eigenvalue weighted by molar-refractivity contribution is 0.393. The van der Waals surface area contributed by atoms with E-state index in [2.05, 4.69) is 32.9 Å². The number of unbranched alkanes of at least 4 members (excludes halogenated alkanes) is 13. The second kappa shape index (κ2) is 21.8. The molecule has 0 aliphatic rings. The third-order valence-electron chi connectivity index (χ3n) is 5.46. The summed E-state index contributed by atoms with van der Waals surface area (Å²) in [6.45, 7) is 10.2. The average molecular weight is 349 g/mol. The quantitative estimate of drug-likeness (QED) is 0.152. The molecule has 148 valence electrons. The summed E-state index contributed by atoms with van der Waals surface area (Å²) in [6, 6.07) is 0. The van der Waals surface area contributed by atoms with Gasteiger partial charge in [-0.1, -0.05) is 129 Å². The maximum absolute atomic E-state index is 3.92. The predicted molar refractivity (Wildman–Crippen MR) is 117 cm³/mol. The van der Waals surface area contributed by atoms with Gasteiger partial charge in [-0.3, -0.25) is 0 Å². The molecule has 0 bridgehead atoms. The summed E-state index contributed by atoms with van der Waals surface area (Å²) in [6.07, 6.45) is 30.6. The Morgan fingerprint density at radius 2 is 0.960 bits per heavy atom. The van der Waals surface area contributed by atoms with Gasteiger partial charge in [0.05, 0.1) is 0 Å². The monoisotopic (exact) mass is 348 g/mol. The lowest BCUT2D eigenvalue weighted by Gasteiger charge is -2.14. The molecule has 0 fully saturated rings. The van der Waals surface area contributed by atoms with Crippen molar-refractivity contribution >= 4 is 0 Å². The fraction of sp³-hybridized carbons (Fsp3) is 0.840. The lowest BCUT2D eigenvalue weighted by Crippen LogP contribution is -1.99. The molecule has 25 heavy (non-hydrogen) atoms. The Hall–Kier alpha value is -0.260. The highest BCUT2D eigenvalue weighted by molar-refractivity contribution is 4.81. The minimum atomic E-state index is 0.995. The summed E-state index contributed by atoms with van der Waals surface area (Å²) in [4.78, 5) is 0. The second-order valence-corrected chi connectivity index (χ2v) is 7.85. The Labute approximate surface area is 161 Å². The average Bonchev–Trinajstić information content (AvgIpc) is 2.63. The molecule has 0 N–H and O–H groups in total. The molecule has 0 aromatic rings. The molecular formula is C25H48. The van der Waals surface area contributed by atoms with Crippen molar-refractivity contribution in [2.24, 2.45) is 5.92 Å². The van der Waals surface area contributed by atoms with E-state index in [4.69, 9.17) is 0 Å². The van der Waals surface area contributed by atoms with Crippen molar-refractivity contribution in [2.75, 3.05) is 0 Å². The first-order valence-corrected chi connectivity index (χ1v) is 11.6. The SMILES string of the molecule is [CH2]CCCC/C=C/CCCCCCCC(CC)CCCCCCC[CH2]. The molecule has 0 rings (SSSR count). The molecule has 2 radical (unpaired) electrons. The second-order valence-electron chi connectivity index (χ2n) is 7.85. The van der Waals surface area contributed by atoms with Gasteiger partial charge in [-0.05, 0) is 31.6 Å². The van der Waals surface area contributed by atoms with E-state index in [-0.39, 0.29) is 0 Å². The highest BCUT2D eigenvalue weighted by Crippen LogP contribution is 2.21. The Morgan fingerprint density at radius 1 is 0.560 bits per heavy atom. The minimum Gasteiger partial charge on any atom is -0.0885 e. The number of hydrogen-bond acceptors (Lipinski definition) is 0. The van der Waals surface area contributed by atoms with Crippen molar-refractivity contribution in [1.29, 1.82) is 0 Å². The van der Waals surface area contributed by atoms with Crippen LogP contribution in [0.15, 0.2) is 12.2 Å². The van der Waals surface area contributed by atoms with E-state index >= 15 is 0 Å². The topological polar surface area (TPSA) is 0 Å². The summed E-state index contributed by atoms with van der Waals surface area (Å²) >= 11 is 0. The van der Waals surface area contributed by atoms with Gasteiger partial charge in [0, 0.05) is 0 Å². The molecule has 0 saturated heterocycles. The van der Waals surface area contributed by atoms with E-state index in [1.807, 2.05) is 0 Å². The number of hydrogen-bond donors (Lipinski definition) is 0. The summed E-state index contributed by atoms with van der Waals surface area (Å²) in [5.41, 5.74) is 0. The van der Waals surface area contributed by atoms with Gasteiger partial charge in [0.1, 0.15) is 0 Å². The molecule has 0 nitrogen and oxygen atoms in total. The van der Waals surface area contributed by atoms with Crippen LogP contribution in [0.4, 0.5) is 0 Å². The van der Waals surface area contributed by atoms with Crippen LogP contribution in [0.5, 0.6) is 0 Å². The van der Waals surface area contributed by atoms with Crippen LogP contribution in [0.25, 0.3) is 0 Å². The minimum absolute atomic E-state index is 0.995. The summed E-state index contributed by atoms with van der Waals surface area (Å²) in [5, 5.41) is 0. The smallest absolute Gasteiger partial charge is 0.0351 e. The van der Waals surface area contributed by atoms with E-state index in [1.54, 1.807) is 0 Å². The normalized spacial score (nSPS) is 12.9. The Bertz CT molecular complexity index is 253. The predicted octanol–water partition coefficient (Wildman–Crippen LogP) is 9.26. The van der Waals surface area contributed by atoms with Crippen LogP contribution in [0.2, 0.25) is 0 Å². The Kier molecular flexibility index (Phi) is 21.6. The van der Waals surface area contributed by atoms with E-state index in [1.165, 1.54) is 109 Å². The number of allylic oxidation sites excluding steroid dienone is 2. The van der Waals surface area contributed by atoms with Crippen LogP contribution < -0.4 is 0 Å². The highest BCUT2D eigenvalue weighted by atomic mass is 14.1. The first-order chi connectivity index (χ1) is 12.3. The van der Waals surface area contributed by atoms with E-state index < -0.39 is 0 Å². The molecule has 1 unspecified atom stereocenters. The molecule has 0 heterocycles. The molecule has 0 spiro atoms. The largest absolute Gasteiger partial charge is 0.0885 e. The van der Waals surface area contributed by atoms with Gasteiger partial charge in [-0.25, -0.2) is 0 Å². The summed E-state index contributed by atoms with van der Waals surface area (Å²) < 4.78 is 0. The van der Waals surface area contributed by atoms with E-state index in [0.29, 0.717) is 0 Å². The lowest BCUT2D eigenvalue weighted by atomic mass is 9.92. The zero-order valence-electron chi connectivity index (χ0n) is 17.6. The van der Waals surface area contributed by atoms with Crippen molar-refractivity contribution in [3.63, 3.8) is 0 Å². The Balaban J connectivity index is 3.32. The number of rotatable bonds is 20. The van der Waals surface area contributed by atoms with Gasteiger partial charge < -0.3 is 0 Å². The molecule has 0 heteroatoms. The van der Waals surface area contributed by atoms with Crippen LogP contribution in [0.3, 0.4) is 0 Å². The van der Waals surface area contributed by atoms with Crippen molar-refractivity contribution < 1.29 is 0 Å². The van der Waals surface area contributed by atoms with Gasteiger partial charge in [0.15, 0.2) is 0 Å². The van der Waals surface area contributed by atoms with Crippen molar-refractivity contribution in [2.45, 2.75) is 129 Å². The third kappa shape index (κ3) is 19.9. The fourth-order valence-corrected chi connectivity index (χ4v) is 3.59. The zero-order chi connectivity index (χ0) is 18.4. The van der Waals surface area contributed by atoms with Gasteiger partial charge in [0.2, 0.25) is 0 Å². The standard InChI is InChI=1S/C25H48/c1-4-7-9-11-13-14-15-16-17-18-20-22-24-25(6-3)23-21-19-12-10-8-5-2/h13-14,25H,1-2,4-12,15-24H2,3H3/b14-13+. The van der Waals surface area contributed by atoms with Crippen LogP contribution in [0.1, 0.15) is 129 Å². The van der Waals surface area contributed by atoms with Crippen molar-refractivity contribution in [3.05, 3.63) is 26.0 Å². The van der Waals surface area contributed by atoms with E-state index in [9.17, 15) is 0 Å². The van der Waals surface area contributed by atoms with Gasteiger partial charge in [0.25, 0.3) is 0 Å². The molecule has 0 aromatic carbocycles. The van der Waals surface area contributed by atoms with Gasteiger partial charge >= 0.3 is 0 Å². The molecule has 0 aliphatic heterocycles. The maximum atomic E-state index is 3.92. The van der Waals surface area contributed by atoms with Crippen LogP contribution in [0, 0.1) is 19.8 Å². The molecule has 0 aromatic heterocycles. The summed E-state index contributed by atoms with van der Waals surface area (Å²) in [7, 11) is 0. The maximum Gasteiger partial charge on any atom is -0.0351 e. The molecule has 1 atom stereocenters. The van der Waals surface area contributed by atoms with Crippen molar-refractivity contribution in [1.82, 2.24) is 0 Å². The van der Waals surface area contributed by atoms with Crippen molar-refractivity contribution in [3.8, 4) is 0 Å². The van der Waals surface area contributed by atoms with Gasteiger partial charge in [-0.15, -0.1) is 0 Å². The fourth-order valence-electron chi connectivity index (χ4n) is 3.59. The van der Waals surface area contributed by atoms with Crippen LogP contribution in [-0.2, 0) is 0 Å². The third-order valence-corrected chi connectivity index (χ3v) is 5.46. The molecule has 0 saturated carbocycles. The Morgan fingerprint density at radius 3 is 1.48 bits per heavy atom. The van der Waals surface area contributed by atoms with E-state index in [0.717, 1.165) is 18.8 Å².